The van der Waals surface area contributed by atoms with Crippen molar-refractivity contribution in [2.24, 2.45) is 0 Å². The molecule has 26 heavy (non-hydrogen) atoms. The van der Waals surface area contributed by atoms with Gasteiger partial charge in [0.25, 0.3) is 5.56 Å². The molecule has 1 aliphatic rings. The Bertz CT molecular complexity index is 851. The van der Waals surface area contributed by atoms with Gasteiger partial charge < -0.3 is 14.8 Å². The van der Waals surface area contributed by atoms with Crippen LogP contribution in [0.1, 0.15) is 12.8 Å². The van der Waals surface area contributed by atoms with Crippen LogP contribution >= 0.6 is 34.8 Å². The smallest absolute Gasteiger partial charge is 0.292 e. The molecule has 1 aromatic carbocycles. The predicted molar refractivity (Wildman–Crippen MR) is 103 cm³/mol. The number of benzene rings is 1. The summed E-state index contributed by atoms with van der Waals surface area (Å²) >= 11 is 18.3. The summed E-state index contributed by atoms with van der Waals surface area (Å²) in [5.74, 6) is 0. The maximum absolute atomic E-state index is 12.6. The van der Waals surface area contributed by atoms with Crippen molar-refractivity contribution in [2.45, 2.75) is 18.4 Å². The monoisotopic (exact) mass is 417 g/mol. The van der Waals surface area contributed by atoms with Crippen LogP contribution in [-0.2, 0) is 9.47 Å². The van der Waals surface area contributed by atoms with Crippen LogP contribution < -0.4 is 10.9 Å². The molecular formula is C17H18Cl3N3O3. The van der Waals surface area contributed by atoms with Gasteiger partial charge in [-0.1, -0.05) is 34.8 Å². The zero-order valence-corrected chi connectivity index (χ0v) is 16.4. The first-order valence-corrected chi connectivity index (χ1v) is 9.19. The lowest BCUT2D eigenvalue weighted by Gasteiger charge is -2.36. The quantitative estimate of drug-likeness (QED) is 0.800. The topological polar surface area (TPSA) is 65.4 Å². The summed E-state index contributed by atoms with van der Waals surface area (Å²) in [5.41, 5.74) is 0.0307. The van der Waals surface area contributed by atoms with Crippen LogP contribution in [0.3, 0.4) is 0 Å². The number of methoxy groups -OCH3 is 1. The van der Waals surface area contributed by atoms with Gasteiger partial charge in [-0.3, -0.25) is 4.79 Å². The standard InChI is InChI=1S/C17H18Cl3N3O3/c1-25-17(4-6-26-7-5-17)10-21-13-9-22-23(16(24)15(13)20)14-3-2-11(18)8-12(14)19/h2-3,8-9,21H,4-7,10H2,1H3. The normalized spacial score (nSPS) is 16.5. The van der Waals surface area contributed by atoms with Gasteiger partial charge >= 0.3 is 0 Å². The van der Waals surface area contributed by atoms with E-state index in [4.69, 9.17) is 44.3 Å². The molecule has 0 bridgehead atoms. The fourth-order valence-corrected chi connectivity index (χ4v) is 3.52. The second-order valence-corrected chi connectivity index (χ2v) is 7.26. The summed E-state index contributed by atoms with van der Waals surface area (Å²) in [6.45, 7) is 1.77. The van der Waals surface area contributed by atoms with Gasteiger partial charge in [0.15, 0.2) is 0 Å². The fraction of sp³-hybridized carbons (Fsp3) is 0.412. The van der Waals surface area contributed by atoms with E-state index in [9.17, 15) is 4.79 Å². The van der Waals surface area contributed by atoms with Gasteiger partial charge in [-0.2, -0.15) is 9.78 Å². The van der Waals surface area contributed by atoms with Gasteiger partial charge in [0.1, 0.15) is 5.02 Å². The van der Waals surface area contributed by atoms with E-state index in [2.05, 4.69) is 10.4 Å². The highest BCUT2D eigenvalue weighted by molar-refractivity contribution is 6.36. The molecule has 1 fully saturated rings. The molecule has 0 saturated carbocycles. The summed E-state index contributed by atoms with van der Waals surface area (Å²) in [7, 11) is 1.67. The van der Waals surface area contributed by atoms with E-state index in [-0.39, 0.29) is 10.6 Å². The van der Waals surface area contributed by atoms with Gasteiger partial charge in [-0.25, -0.2) is 0 Å². The maximum atomic E-state index is 12.6. The lowest BCUT2D eigenvalue weighted by molar-refractivity contribution is -0.0807. The molecule has 9 heteroatoms. The largest absolute Gasteiger partial charge is 0.381 e. The Hall–Kier alpha value is -1.31. The van der Waals surface area contributed by atoms with Crippen molar-refractivity contribution in [3.8, 4) is 5.69 Å². The third-order valence-corrected chi connectivity index (χ3v) is 5.40. The molecule has 6 nitrogen and oxygen atoms in total. The van der Waals surface area contributed by atoms with Crippen LogP contribution in [0.25, 0.3) is 5.69 Å². The molecular weight excluding hydrogens is 401 g/mol. The number of rotatable bonds is 5. The molecule has 0 atom stereocenters. The zero-order valence-electron chi connectivity index (χ0n) is 14.1. The summed E-state index contributed by atoms with van der Waals surface area (Å²) in [4.78, 5) is 12.6. The summed E-state index contributed by atoms with van der Waals surface area (Å²) in [6, 6.07) is 4.79. The zero-order chi connectivity index (χ0) is 18.7. The number of hydrogen-bond acceptors (Lipinski definition) is 5. The lowest BCUT2D eigenvalue weighted by atomic mass is 9.94. The fourth-order valence-electron chi connectivity index (χ4n) is 2.83. The molecule has 0 aliphatic carbocycles. The first-order valence-electron chi connectivity index (χ1n) is 8.06. The average molecular weight is 419 g/mol. The van der Waals surface area contributed by atoms with Gasteiger partial charge in [-0.05, 0) is 18.2 Å². The number of nitrogens with one attached hydrogen (secondary N) is 1. The van der Waals surface area contributed by atoms with E-state index in [1.54, 1.807) is 25.3 Å². The lowest BCUT2D eigenvalue weighted by Crippen LogP contribution is -2.44. The molecule has 0 spiro atoms. The maximum Gasteiger partial charge on any atom is 0.292 e. The Labute approximate surface area is 166 Å². The number of nitrogens with zero attached hydrogens (tertiary/aromatic N) is 2. The second-order valence-electron chi connectivity index (χ2n) is 6.04. The molecule has 1 aromatic heterocycles. The Balaban J connectivity index is 1.84. The van der Waals surface area contributed by atoms with E-state index >= 15 is 0 Å². The van der Waals surface area contributed by atoms with Crippen LogP contribution in [0.2, 0.25) is 15.1 Å². The third kappa shape index (κ3) is 4.00. The van der Waals surface area contributed by atoms with Crippen LogP contribution in [0.5, 0.6) is 0 Å². The number of aromatic nitrogens is 2. The summed E-state index contributed by atoms with van der Waals surface area (Å²) in [5, 5.41) is 8.16. The van der Waals surface area contributed by atoms with Crippen LogP contribution in [0.15, 0.2) is 29.2 Å². The summed E-state index contributed by atoms with van der Waals surface area (Å²) in [6.07, 6.45) is 3.02. The van der Waals surface area contributed by atoms with Gasteiger partial charge in [-0.15, -0.1) is 0 Å². The van der Waals surface area contributed by atoms with E-state index in [1.807, 2.05) is 0 Å². The number of ether oxygens (including phenoxy) is 2. The van der Waals surface area contributed by atoms with Crippen molar-refractivity contribution in [3.63, 3.8) is 0 Å². The first-order chi connectivity index (χ1) is 12.5. The van der Waals surface area contributed by atoms with Crippen LogP contribution in [0.4, 0.5) is 5.69 Å². The molecule has 140 valence electrons. The second kappa shape index (κ2) is 8.15. The number of anilines is 1. The minimum absolute atomic E-state index is 0.0318. The van der Waals surface area contributed by atoms with Crippen molar-refractivity contribution < 1.29 is 9.47 Å². The molecule has 2 heterocycles. The first kappa shape index (κ1) is 19.5. The minimum atomic E-state index is -0.473. The van der Waals surface area contributed by atoms with Crippen LogP contribution in [0, 0.1) is 0 Å². The highest BCUT2D eigenvalue weighted by Crippen LogP contribution is 2.27. The van der Waals surface area contributed by atoms with Gasteiger partial charge in [0.05, 0.1) is 28.2 Å². The third-order valence-electron chi connectivity index (χ3n) is 4.49. The summed E-state index contributed by atoms with van der Waals surface area (Å²) < 4.78 is 12.2. The van der Waals surface area contributed by atoms with Crippen LogP contribution in [-0.4, -0.2) is 42.2 Å². The van der Waals surface area contributed by atoms with E-state index in [1.165, 1.54) is 6.20 Å². The number of hydrogen-bond donors (Lipinski definition) is 1. The van der Waals surface area contributed by atoms with E-state index in [0.717, 1.165) is 17.5 Å². The highest BCUT2D eigenvalue weighted by atomic mass is 35.5. The molecule has 0 unspecified atom stereocenters. The highest BCUT2D eigenvalue weighted by Gasteiger charge is 2.32. The minimum Gasteiger partial charge on any atom is -0.381 e. The van der Waals surface area contributed by atoms with Crippen molar-refractivity contribution in [3.05, 3.63) is 49.8 Å². The molecule has 3 rings (SSSR count). The van der Waals surface area contributed by atoms with Crippen molar-refractivity contribution in [1.82, 2.24) is 9.78 Å². The SMILES string of the molecule is COC1(CNc2cnn(-c3ccc(Cl)cc3Cl)c(=O)c2Cl)CCOCC1. The molecule has 2 aromatic rings. The molecule has 1 N–H and O–H groups in total. The molecule has 1 saturated heterocycles. The van der Waals surface area contributed by atoms with E-state index < -0.39 is 5.56 Å². The Kier molecular flexibility index (Phi) is 6.10. The average Bonchev–Trinajstić information content (AvgIpc) is 2.64. The Morgan fingerprint density at radius 3 is 2.69 bits per heavy atom. The predicted octanol–water partition coefficient (Wildman–Crippen LogP) is 3.80. The Morgan fingerprint density at radius 2 is 2.04 bits per heavy atom. The van der Waals surface area contributed by atoms with Crippen molar-refractivity contribution in [1.29, 1.82) is 0 Å². The van der Waals surface area contributed by atoms with E-state index in [0.29, 0.717) is 41.2 Å². The molecule has 0 amide bonds. The van der Waals surface area contributed by atoms with Gasteiger partial charge in [0.2, 0.25) is 0 Å². The molecule has 1 aliphatic heterocycles. The van der Waals surface area contributed by atoms with Gasteiger partial charge in [0, 0.05) is 44.7 Å². The van der Waals surface area contributed by atoms with Crippen molar-refractivity contribution in [2.75, 3.05) is 32.2 Å². The Morgan fingerprint density at radius 1 is 1.31 bits per heavy atom. The van der Waals surface area contributed by atoms with Crippen molar-refractivity contribution >= 4 is 40.5 Å². The number of halogens is 3. The molecule has 0 radical (unpaired) electrons.